The van der Waals surface area contributed by atoms with Crippen LogP contribution in [0.1, 0.15) is 55.1 Å². The van der Waals surface area contributed by atoms with Crippen molar-refractivity contribution in [3.05, 3.63) is 64.2 Å². The zero-order valence-electron chi connectivity index (χ0n) is 19.3. The van der Waals surface area contributed by atoms with Gasteiger partial charge in [0.1, 0.15) is 30.1 Å². The minimum Gasteiger partial charge on any atom is -0.489 e. The molecule has 0 saturated carbocycles. The van der Waals surface area contributed by atoms with Gasteiger partial charge in [-0.15, -0.1) is 12.4 Å². The third kappa shape index (κ3) is 9.61. The Balaban J connectivity index is 0.00000544. The number of ether oxygens (including phenoxy) is 2. The Morgan fingerprint density at radius 1 is 1.27 bits per heavy atom. The Kier molecular flexibility index (Phi) is 12.2. The van der Waals surface area contributed by atoms with Crippen LogP contribution in [0.25, 0.3) is 0 Å². The summed E-state index contributed by atoms with van der Waals surface area (Å²) in [5, 5.41) is 23.2. The van der Waals surface area contributed by atoms with Crippen molar-refractivity contribution in [2.75, 3.05) is 19.8 Å². The van der Waals surface area contributed by atoms with E-state index >= 15 is 0 Å². The quantitative estimate of drug-likeness (QED) is 0.406. The van der Waals surface area contributed by atoms with Crippen molar-refractivity contribution in [1.29, 1.82) is 5.26 Å². The maximum Gasteiger partial charge on any atom is 0.338 e. The summed E-state index contributed by atoms with van der Waals surface area (Å²) in [5.41, 5.74) is 1.74. The molecule has 0 saturated heterocycles. The fourth-order valence-corrected chi connectivity index (χ4v) is 3.47. The molecule has 0 unspecified atom stereocenters. The summed E-state index contributed by atoms with van der Waals surface area (Å²) in [6.07, 6.45) is 1.92. The number of carbonyl (C=O) groups excluding carboxylic acids is 1. The third-order valence-corrected chi connectivity index (χ3v) is 5.35. The van der Waals surface area contributed by atoms with Crippen molar-refractivity contribution in [3.63, 3.8) is 0 Å². The number of esters is 1. The summed E-state index contributed by atoms with van der Waals surface area (Å²) in [7, 11) is 0. The summed E-state index contributed by atoms with van der Waals surface area (Å²) < 4.78 is 10.6. The van der Waals surface area contributed by atoms with Gasteiger partial charge < -0.3 is 19.9 Å². The summed E-state index contributed by atoms with van der Waals surface area (Å²) in [4.78, 5) is 11.9. The smallest absolute Gasteiger partial charge is 0.338 e. The highest BCUT2D eigenvalue weighted by Crippen LogP contribution is 2.25. The van der Waals surface area contributed by atoms with E-state index in [4.69, 9.17) is 21.1 Å². The average Bonchev–Trinajstić information content (AvgIpc) is 2.76. The monoisotopic (exact) mass is 494 g/mol. The van der Waals surface area contributed by atoms with Crippen molar-refractivity contribution < 1.29 is 19.4 Å². The average molecular weight is 495 g/mol. The van der Waals surface area contributed by atoms with E-state index < -0.39 is 6.10 Å². The van der Waals surface area contributed by atoms with Crippen LogP contribution < -0.4 is 10.1 Å². The van der Waals surface area contributed by atoms with Crippen LogP contribution in [0, 0.1) is 11.3 Å². The number of nitrogens with zero attached hydrogens (tertiary/aromatic N) is 1. The summed E-state index contributed by atoms with van der Waals surface area (Å²) >= 11 is 6.00. The van der Waals surface area contributed by atoms with Crippen molar-refractivity contribution in [1.82, 2.24) is 5.32 Å². The standard InChI is InChI=1S/C25H31ClN2O4.ClH/c1-4-31-24(30)19-10-5-8-18(14-19)9-7-13-25(2,3)28-16-20(29)17-32-23-12-6-11-22(26)21(23)15-27;/h5-6,8,10-12,14,20,28-29H,4,7,9,13,16-17H2,1-3H3;1H/t20-;/m1./s1. The number of aliphatic hydroxyl groups is 1. The van der Waals surface area contributed by atoms with E-state index in [1.807, 2.05) is 24.3 Å². The maximum atomic E-state index is 11.9. The van der Waals surface area contributed by atoms with Gasteiger partial charge >= 0.3 is 5.97 Å². The van der Waals surface area contributed by atoms with Gasteiger partial charge in [-0.2, -0.15) is 5.26 Å². The number of aliphatic hydroxyl groups excluding tert-OH is 1. The van der Waals surface area contributed by atoms with Crippen molar-refractivity contribution >= 4 is 30.0 Å². The highest BCUT2D eigenvalue weighted by atomic mass is 35.5. The molecule has 0 amide bonds. The first kappa shape index (κ1) is 28.7. The van der Waals surface area contributed by atoms with E-state index in [0.29, 0.717) is 29.5 Å². The predicted octanol–water partition coefficient (Wildman–Crippen LogP) is 4.94. The number of hydrogen-bond acceptors (Lipinski definition) is 6. The van der Waals surface area contributed by atoms with Gasteiger partial charge in [0, 0.05) is 12.1 Å². The van der Waals surface area contributed by atoms with Crippen molar-refractivity contribution in [2.45, 2.75) is 51.7 Å². The second-order valence-electron chi connectivity index (χ2n) is 8.23. The fourth-order valence-electron chi connectivity index (χ4n) is 3.26. The topological polar surface area (TPSA) is 91.6 Å². The molecule has 2 aromatic rings. The maximum absolute atomic E-state index is 11.9. The molecule has 8 heteroatoms. The molecular formula is C25H32Cl2N2O4. The summed E-state index contributed by atoms with van der Waals surface area (Å²) in [6.45, 7) is 6.73. The molecule has 6 nitrogen and oxygen atoms in total. The predicted molar refractivity (Wildman–Crippen MR) is 132 cm³/mol. The molecule has 33 heavy (non-hydrogen) atoms. The van der Waals surface area contributed by atoms with E-state index in [2.05, 4.69) is 19.2 Å². The van der Waals surface area contributed by atoms with Gasteiger partial charge in [-0.05, 0) is 69.9 Å². The Hall–Kier alpha value is -2.30. The molecule has 2 rings (SSSR count). The second kappa shape index (κ2) is 14.1. The molecule has 180 valence electrons. The first-order chi connectivity index (χ1) is 15.3. The van der Waals surface area contributed by atoms with E-state index in [1.165, 1.54) is 0 Å². The molecule has 1 atom stereocenters. The Morgan fingerprint density at radius 2 is 2.00 bits per heavy atom. The first-order valence-electron chi connectivity index (χ1n) is 10.8. The Bertz CT molecular complexity index is 944. The summed E-state index contributed by atoms with van der Waals surface area (Å²) in [6, 6.07) is 14.5. The second-order valence-corrected chi connectivity index (χ2v) is 8.64. The molecule has 0 aliphatic heterocycles. The molecule has 0 radical (unpaired) electrons. The normalized spacial score (nSPS) is 11.8. The number of hydrogen-bond donors (Lipinski definition) is 2. The molecule has 2 aromatic carbocycles. The molecule has 2 N–H and O–H groups in total. The van der Waals surface area contributed by atoms with Gasteiger partial charge in [-0.3, -0.25) is 0 Å². The van der Waals surface area contributed by atoms with Crippen LogP contribution in [0.4, 0.5) is 0 Å². The number of aryl methyl sites for hydroxylation is 1. The van der Waals surface area contributed by atoms with Crippen LogP contribution in [-0.2, 0) is 11.2 Å². The molecule has 0 aliphatic carbocycles. The number of halogens is 2. The van der Waals surface area contributed by atoms with Gasteiger partial charge in [0.2, 0.25) is 0 Å². The molecule has 0 fully saturated rings. The molecule has 0 bridgehead atoms. The van der Waals surface area contributed by atoms with Crippen LogP contribution in [0.15, 0.2) is 42.5 Å². The van der Waals surface area contributed by atoms with Gasteiger partial charge in [-0.1, -0.05) is 29.8 Å². The lowest BCUT2D eigenvalue weighted by Crippen LogP contribution is -2.44. The van der Waals surface area contributed by atoms with Crippen molar-refractivity contribution in [3.8, 4) is 11.8 Å². The van der Waals surface area contributed by atoms with Crippen LogP contribution in [-0.4, -0.2) is 42.5 Å². The molecular weight excluding hydrogens is 463 g/mol. The Labute approximate surface area is 207 Å². The lowest BCUT2D eigenvalue weighted by atomic mass is 9.95. The summed E-state index contributed by atoms with van der Waals surface area (Å²) in [5.74, 6) is 0.0653. The lowest BCUT2D eigenvalue weighted by Gasteiger charge is -2.28. The van der Waals surface area contributed by atoms with Crippen LogP contribution in [0.3, 0.4) is 0 Å². The fraction of sp³-hybridized carbons (Fsp3) is 0.440. The van der Waals surface area contributed by atoms with E-state index in [-0.39, 0.29) is 36.1 Å². The largest absolute Gasteiger partial charge is 0.489 e. The molecule has 0 aliphatic rings. The highest BCUT2D eigenvalue weighted by molar-refractivity contribution is 6.31. The van der Waals surface area contributed by atoms with Crippen molar-refractivity contribution in [2.24, 2.45) is 0 Å². The zero-order valence-corrected chi connectivity index (χ0v) is 20.8. The number of benzene rings is 2. The van der Waals surface area contributed by atoms with Crippen LogP contribution in [0.2, 0.25) is 5.02 Å². The highest BCUT2D eigenvalue weighted by Gasteiger charge is 2.19. The molecule has 0 aromatic heterocycles. The Morgan fingerprint density at radius 3 is 2.70 bits per heavy atom. The van der Waals surface area contributed by atoms with E-state index in [9.17, 15) is 15.2 Å². The number of carbonyl (C=O) groups is 1. The van der Waals surface area contributed by atoms with Crippen LogP contribution >= 0.6 is 24.0 Å². The number of nitriles is 1. The van der Waals surface area contributed by atoms with Gasteiger partial charge in [-0.25, -0.2) is 4.79 Å². The SMILES string of the molecule is CCOC(=O)c1cccc(CCCC(C)(C)NC[C@@H](O)COc2cccc(Cl)c2C#N)c1.Cl. The number of rotatable bonds is 12. The lowest BCUT2D eigenvalue weighted by molar-refractivity contribution is 0.0526. The van der Waals surface area contributed by atoms with E-state index in [1.54, 1.807) is 31.2 Å². The van der Waals surface area contributed by atoms with E-state index in [0.717, 1.165) is 24.8 Å². The number of β-amino-alcohol motifs (C(OH)–C–C–N with tert-alkyl or cyclic N) is 1. The zero-order chi connectivity index (χ0) is 23.6. The minimum atomic E-state index is -0.735. The molecule has 0 heterocycles. The first-order valence-corrected chi connectivity index (χ1v) is 11.1. The van der Waals surface area contributed by atoms with Gasteiger partial charge in [0.25, 0.3) is 0 Å². The van der Waals surface area contributed by atoms with Crippen LogP contribution in [0.5, 0.6) is 5.75 Å². The third-order valence-electron chi connectivity index (χ3n) is 5.04. The molecule has 0 spiro atoms. The number of nitrogens with one attached hydrogen (secondary N) is 1. The minimum absolute atomic E-state index is 0. The van der Waals surface area contributed by atoms with Gasteiger partial charge in [0.15, 0.2) is 0 Å². The van der Waals surface area contributed by atoms with Gasteiger partial charge in [0.05, 0.1) is 17.2 Å².